The van der Waals surface area contributed by atoms with Crippen molar-refractivity contribution in [2.24, 2.45) is 0 Å². The highest BCUT2D eigenvalue weighted by molar-refractivity contribution is 7.98. The van der Waals surface area contributed by atoms with E-state index in [0.717, 1.165) is 27.9 Å². The maximum Gasteiger partial charge on any atom is 0.341 e. The van der Waals surface area contributed by atoms with Crippen molar-refractivity contribution in [2.45, 2.75) is 10.8 Å². The summed E-state index contributed by atoms with van der Waals surface area (Å²) in [5, 5.41) is 15.1. The van der Waals surface area contributed by atoms with Gasteiger partial charge in [-0.2, -0.15) is 4.37 Å². The van der Waals surface area contributed by atoms with Gasteiger partial charge in [-0.1, -0.05) is 54.2 Å². The minimum Gasteiger partial charge on any atom is -0.477 e. The van der Waals surface area contributed by atoms with Crippen molar-refractivity contribution in [3.05, 3.63) is 53.6 Å². The molecule has 3 rings (SSSR count). The van der Waals surface area contributed by atoms with Gasteiger partial charge < -0.3 is 10.0 Å². The zero-order chi connectivity index (χ0) is 18.7. The number of hydrogen-bond donors (Lipinski definition) is 2. The molecule has 2 N–H and O–H groups in total. The van der Waals surface area contributed by atoms with Gasteiger partial charge in [-0.25, -0.2) is 9.59 Å². The Kier molecular flexibility index (Phi) is 5.43. The molecule has 0 aliphatic carbocycles. The van der Waals surface area contributed by atoms with Crippen LogP contribution in [0.25, 0.3) is 10.8 Å². The number of fused-ring (bicyclic) bond motifs is 1. The topological polar surface area (TPSA) is 82.5 Å². The van der Waals surface area contributed by atoms with E-state index in [2.05, 4.69) is 9.69 Å². The van der Waals surface area contributed by atoms with Crippen molar-refractivity contribution in [1.82, 2.24) is 9.27 Å². The van der Waals surface area contributed by atoms with Crippen molar-refractivity contribution < 1.29 is 14.7 Å². The first-order chi connectivity index (χ1) is 12.5. The van der Waals surface area contributed by atoms with Crippen LogP contribution in [0.5, 0.6) is 0 Å². The molecule has 8 heteroatoms. The molecule has 1 heterocycles. The van der Waals surface area contributed by atoms with E-state index in [0.29, 0.717) is 10.8 Å². The summed E-state index contributed by atoms with van der Waals surface area (Å²) in [4.78, 5) is 24.8. The second-order valence-electron chi connectivity index (χ2n) is 5.75. The Balaban J connectivity index is 1.84. The summed E-state index contributed by atoms with van der Waals surface area (Å²) in [5.41, 5.74) is 1.15. The molecule has 26 heavy (non-hydrogen) atoms. The van der Waals surface area contributed by atoms with Crippen LogP contribution < -0.4 is 5.32 Å². The number of nitrogens with one attached hydrogen (secondary N) is 1. The van der Waals surface area contributed by atoms with E-state index < -0.39 is 5.97 Å². The normalized spacial score (nSPS) is 10.7. The Labute approximate surface area is 159 Å². The summed E-state index contributed by atoms with van der Waals surface area (Å²) in [5.74, 6) is -0.514. The molecule has 0 fully saturated rings. The van der Waals surface area contributed by atoms with E-state index in [1.807, 2.05) is 42.5 Å². The van der Waals surface area contributed by atoms with Gasteiger partial charge in [0.25, 0.3) is 0 Å². The quantitative estimate of drug-likeness (QED) is 0.635. The Morgan fingerprint density at radius 1 is 1.19 bits per heavy atom. The summed E-state index contributed by atoms with van der Waals surface area (Å²) in [6.07, 6.45) is 0. The summed E-state index contributed by atoms with van der Waals surface area (Å²) in [6, 6.07) is 13.7. The molecular formula is C18H17N3O3S2. The molecule has 0 saturated carbocycles. The van der Waals surface area contributed by atoms with Gasteiger partial charge in [0.1, 0.15) is 15.6 Å². The third-order valence-corrected chi connectivity index (χ3v) is 5.65. The number of rotatable bonds is 5. The second kappa shape index (κ2) is 7.76. The van der Waals surface area contributed by atoms with Crippen LogP contribution in [-0.4, -0.2) is 40.5 Å². The number of amides is 2. The lowest BCUT2D eigenvalue weighted by Gasteiger charge is -2.11. The van der Waals surface area contributed by atoms with Gasteiger partial charge in [0.2, 0.25) is 0 Å². The lowest BCUT2D eigenvalue weighted by Crippen LogP contribution is -2.27. The van der Waals surface area contributed by atoms with Gasteiger partial charge in [-0.05, 0) is 27.9 Å². The average molecular weight is 387 g/mol. The molecule has 0 saturated heterocycles. The van der Waals surface area contributed by atoms with Gasteiger partial charge in [0.15, 0.2) is 0 Å². The minimum atomic E-state index is -1.10. The van der Waals surface area contributed by atoms with Gasteiger partial charge in [-0.15, -0.1) is 0 Å². The Hall–Kier alpha value is -2.58. The Bertz CT molecular complexity index is 964. The number of thioether (sulfide) groups is 1. The van der Waals surface area contributed by atoms with Crippen LogP contribution in [0, 0.1) is 0 Å². The van der Waals surface area contributed by atoms with Crippen molar-refractivity contribution in [1.29, 1.82) is 0 Å². The van der Waals surface area contributed by atoms with Crippen LogP contribution in [0.3, 0.4) is 0 Å². The summed E-state index contributed by atoms with van der Waals surface area (Å²) in [6.45, 7) is 0. The molecule has 2 aromatic carbocycles. The van der Waals surface area contributed by atoms with Crippen molar-refractivity contribution >= 4 is 51.1 Å². The number of hydrogen-bond acceptors (Lipinski definition) is 5. The molecule has 0 aliphatic heterocycles. The van der Waals surface area contributed by atoms with Crippen molar-refractivity contribution in [3.63, 3.8) is 0 Å². The molecule has 1 aromatic heterocycles. The summed E-state index contributed by atoms with van der Waals surface area (Å²) < 4.78 is 4.24. The average Bonchev–Trinajstić information content (AvgIpc) is 3.02. The number of carboxylic acids is 1. The molecule has 6 nitrogen and oxygen atoms in total. The fourth-order valence-corrected chi connectivity index (χ4v) is 4.36. The highest BCUT2D eigenvalue weighted by Gasteiger charge is 2.22. The monoisotopic (exact) mass is 387 g/mol. The van der Waals surface area contributed by atoms with E-state index >= 15 is 0 Å². The van der Waals surface area contributed by atoms with E-state index in [4.69, 9.17) is 0 Å². The number of aromatic nitrogens is 1. The van der Waals surface area contributed by atoms with Gasteiger partial charge >= 0.3 is 12.0 Å². The van der Waals surface area contributed by atoms with Crippen molar-refractivity contribution in [2.75, 3.05) is 19.4 Å². The number of carbonyl (C=O) groups is 2. The number of nitrogens with zero attached hydrogens (tertiary/aromatic N) is 2. The van der Waals surface area contributed by atoms with Gasteiger partial charge in [0.05, 0.1) is 0 Å². The smallest absolute Gasteiger partial charge is 0.341 e. The maximum absolute atomic E-state index is 11.8. The predicted octanol–water partition coefficient (Wildman–Crippen LogP) is 4.38. The number of aromatic carboxylic acids is 1. The van der Waals surface area contributed by atoms with Crippen LogP contribution in [0.15, 0.2) is 47.5 Å². The fraction of sp³-hybridized carbons (Fsp3) is 0.167. The zero-order valence-electron chi connectivity index (χ0n) is 14.2. The van der Waals surface area contributed by atoms with E-state index in [9.17, 15) is 14.7 Å². The first kappa shape index (κ1) is 18.2. The first-order valence-corrected chi connectivity index (χ1v) is 9.54. The number of carboxylic acid groups (broad SMARTS) is 1. The van der Waals surface area contributed by atoms with Crippen LogP contribution in [0.2, 0.25) is 0 Å². The van der Waals surface area contributed by atoms with Crippen LogP contribution >= 0.6 is 23.3 Å². The largest absolute Gasteiger partial charge is 0.477 e. The van der Waals surface area contributed by atoms with Gasteiger partial charge in [-0.3, -0.25) is 5.32 Å². The standard InChI is InChI=1S/C18H17N3O3S2/c1-21(2)18(24)19-15-14(17(22)23)16(20-26-15)25-10-12-8-5-7-11-6-3-4-9-13(11)12/h3-9H,10H2,1-2H3,(H,19,24)(H,22,23). The second-order valence-corrected chi connectivity index (χ2v) is 7.49. The number of carbonyl (C=O) groups excluding carboxylic acids is 1. The third-order valence-electron chi connectivity index (χ3n) is 3.75. The zero-order valence-corrected chi connectivity index (χ0v) is 15.9. The number of anilines is 1. The van der Waals surface area contributed by atoms with E-state index in [1.54, 1.807) is 14.1 Å². The Morgan fingerprint density at radius 3 is 2.65 bits per heavy atom. The molecule has 134 valence electrons. The highest BCUT2D eigenvalue weighted by atomic mass is 32.2. The van der Waals surface area contributed by atoms with Crippen LogP contribution in [0.4, 0.5) is 9.80 Å². The maximum atomic E-state index is 11.8. The third kappa shape index (κ3) is 3.81. The SMILES string of the molecule is CN(C)C(=O)Nc1snc(SCc2cccc3ccccc23)c1C(=O)O. The highest BCUT2D eigenvalue weighted by Crippen LogP contribution is 2.35. The van der Waals surface area contributed by atoms with Gasteiger partial charge in [0, 0.05) is 19.8 Å². The van der Waals surface area contributed by atoms with Crippen LogP contribution in [0.1, 0.15) is 15.9 Å². The molecule has 0 bridgehead atoms. The molecule has 0 spiro atoms. The first-order valence-electron chi connectivity index (χ1n) is 7.78. The lowest BCUT2D eigenvalue weighted by atomic mass is 10.1. The number of benzene rings is 2. The van der Waals surface area contributed by atoms with E-state index in [1.165, 1.54) is 16.7 Å². The lowest BCUT2D eigenvalue weighted by molar-refractivity contribution is 0.0694. The molecule has 0 aliphatic rings. The molecule has 2 amide bonds. The molecule has 0 atom stereocenters. The predicted molar refractivity (Wildman–Crippen MR) is 105 cm³/mol. The van der Waals surface area contributed by atoms with Crippen LogP contribution in [-0.2, 0) is 5.75 Å². The molecule has 3 aromatic rings. The summed E-state index contributed by atoms with van der Waals surface area (Å²) >= 11 is 2.33. The molecule has 0 unspecified atom stereocenters. The van der Waals surface area contributed by atoms with E-state index in [-0.39, 0.29) is 16.6 Å². The number of urea groups is 1. The molecule has 0 radical (unpaired) electrons. The molecular weight excluding hydrogens is 370 g/mol. The fourth-order valence-electron chi connectivity index (χ4n) is 2.42. The van der Waals surface area contributed by atoms with Crippen molar-refractivity contribution in [3.8, 4) is 0 Å². The minimum absolute atomic E-state index is 0.0374. The Morgan fingerprint density at radius 2 is 1.92 bits per heavy atom. The summed E-state index contributed by atoms with van der Waals surface area (Å²) in [7, 11) is 3.18.